The van der Waals surface area contributed by atoms with Crippen molar-refractivity contribution < 1.29 is 4.74 Å². The topological polar surface area (TPSA) is 66.9 Å². The summed E-state index contributed by atoms with van der Waals surface area (Å²) in [5.74, 6) is 0.541. The number of piperidine rings is 1. The second-order valence-corrected chi connectivity index (χ2v) is 6.12. The number of H-pyrrole nitrogens is 1. The van der Waals surface area contributed by atoms with E-state index in [1.165, 1.54) is 0 Å². The maximum Gasteiger partial charge on any atom is 0.229 e. The van der Waals surface area contributed by atoms with E-state index in [2.05, 4.69) is 38.9 Å². The number of rotatable bonds is 3. The molecule has 3 heterocycles. The number of nitrogens with zero attached hydrogens (tertiary/aromatic N) is 4. The zero-order chi connectivity index (χ0) is 15.0. The molecule has 1 fully saturated rings. The first-order valence-electron chi connectivity index (χ1n) is 7.33. The molecule has 7 heteroatoms. The molecule has 0 atom stereocenters. The number of likely N-dealkylation sites (tertiary alicyclic amines) is 1. The Morgan fingerprint density at radius 3 is 2.67 bits per heavy atom. The Labute approximate surface area is 128 Å². The van der Waals surface area contributed by atoms with Crippen molar-refractivity contribution in [1.29, 1.82) is 0 Å². The highest BCUT2D eigenvalue weighted by atomic mass is 35.5. The number of nitrogens with one attached hydrogen (secondary N) is 1. The number of hydrogen-bond donors (Lipinski definition) is 1. The van der Waals surface area contributed by atoms with Crippen LogP contribution in [0.25, 0.3) is 11.0 Å². The lowest BCUT2D eigenvalue weighted by Gasteiger charge is -2.34. The second kappa shape index (κ2) is 5.77. The van der Waals surface area contributed by atoms with E-state index in [9.17, 15) is 0 Å². The maximum absolute atomic E-state index is 6.09. The SMILES string of the molecule is Cc1n[nH]c2nc(Cl)nc(OC3CCN(C(C)C)CC3)c12. The van der Waals surface area contributed by atoms with E-state index < -0.39 is 0 Å². The van der Waals surface area contributed by atoms with Gasteiger partial charge in [0.2, 0.25) is 11.2 Å². The normalized spacial score (nSPS) is 17.8. The first kappa shape index (κ1) is 14.5. The molecule has 3 rings (SSSR count). The van der Waals surface area contributed by atoms with Crippen LogP contribution >= 0.6 is 11.6 Å². The molecule has 6 nitrogen and oxygen atoms in total. The van der Waals surface area contributed by atoms with E-state index in [1.54, 1.807) is 0 Å². The van der Waals surface area contributed by atoms with Crippen molar-refractivity contribution in [2.45, 2.75) is 45.8 Å². The summed E-state index contributed by atoms with van der Waals surface area (Å²) in [6, 6.07) is 0.585. The van der Waals surface area contributed by atoms with Crippen LogP contribution in [0.15, 0.2) is 0 Å². The predicted molar refractivity (Wildman–Crippen MR) is 81.8 cm³/mol. The van der Waals surface area contributed by atoms with Gasteiger partial charge in [0, 0.05) is 19.1 Å². The zero-order valence-electron chi connectivity index (χ0n) is 12.6. The van der Waals surface area contributed by atoms with Gasteiger partial charge < -0.3 is 9.64 Å². The van der Waals surface area contributed by atoms with Crippen LogP contribution in [0.5, 0.6) is 5.88 Å². The zero-order valence-corrected chi connectivity index (χ0v) is 13.3. The molecule has 0 unspecified atom stereocenters. The minimum atomic E-state index is 0.170. The predicted octanol–water partition coefficient (Wildman–Crippen LogP) is 2.57. The van der Waals surface area contributed by atoms with E-state index in [0.29, 0.717) is 17.6 Å². The summed E-state index contributed by atoms with van der Waals surface area (Å²) >= 11 is 5.96. The van der Waals surface area contributed by atoms with Crippen molar-refractivity contribution in [3.05, 3.63) is 11.0 Å². The number of aromatic nitrogens is 4. The molecule has 1 aliphatic heterocycles. The van der Waals surface area contributed by atoms with Gasteiger partial charge in [-0.15, -0.1) is 0 Å². The molecular weight excluding hydrogens is 290 g/mol. The smallest absolute Gasteiger partial charge is 0.229 e. The summed E-state index contributed by atoms with van der Waals surface area (Å²) in [5.41, 5.74) is 1.46. The van der Waals surface area contributed by atoms with Crippen LogP contribution in [0.2, 0.25) is 5.28 Å². The van der Waals surface area contributed by atoms with E-state index >= 15 is 0 Å². The Hall–Kier alpha value is -1.40. The van der Waals surface area contributed by atoms with E-state index in [-0.39, 0.29) is 11.4 Å². The van der Waals surface area contributed by atoms with Crippen LogP contribution in [0.1, 0.15) is 32.4 Å². The molecule has 0 aliphatic carbocycles. The fraction of sp³-hybridized carbons (Fsp3) is 0.643. The second-order valence-electron chi connectivity index (χ2n) is 5.78. The van der Waals surface area contributed by atoms with Crippen molar-refractivity contribution >= 4 is 22.6 Å². The van der Waals surface area contributed by atoms with Gasteiger partial charge in [-0.25, -0.2) is 0 Å². The highest BCUT2D eigenvalue weighted by Crippen LogP contribution is 2.28. The molecule has 0 saturated carbocycles. The molecule has 1 N–H and O–H groups in total. The Bertz CT molecular complexity index is 634. The molecule has 0 radical (unpaired) electrons. The number of hydrogen-bond acceptors (Lipinski definition) is 5. The van der Waals surface area contributed by atoms with Gasteiger partial charge in [0.1, 0.15) is 11.5 Å². The molecule has 2 aromatic rings. The van der Waals surface area contributed by atoms with Crippen LogP contribution in [0.4, 0.5) is 0 Å². The summed E-state index contributed by atoms with van der Waals surface area (Å²) < 4.78 is 6.09. The maximum atomic E-state index is 6.09. The Kier molecular flexibility index (Phi) is 3.99. The Morgan fingerprint density at radius 2 is 2.00 bits per heavy atom. The quantitative estimate of drug-likeness (QED) is 0.883. The average Bonchev–Trinajstić information content (AvgIpc) is 2.80. The Balaban J connectivity index is 1.78. The van der Waals surface area contributed by atoms with E-state index in [4.69, 9.17) is 16.3 Å². The number of fused-ring (bicyclic) bond motifs is 1. The summed E-state index contributed by atoms with van der Waals surface area (Å²) in [6.45, 7) is 8.46. The van der Waals surface area contributed by atoms with Crippen LogP contribution < -0.4 is 4.74 Å². The molecule has 0 aromatic carbocycles. The first-order valence-corrected chi connectivity index (χ1v) is 7.71. The molecule has 1 aliphatic rings. The number of aromatic amines is 1. The molecule has 1 saturated heterocycles. The van der Waals surface area contributed by atoms with Gasteiger partial charge in [-0.05, 0) is 45.2 Å². The van der Waals surface area contributed by atoms with Crippen LogP contribution in [0.3, 0.4) is 0 Å². The van der Waals surface area contributed by atoms with E-state index in [1.807, 2.05) is 6.92 Å². The highest BCUT2D eigenvalue weighted by Gasteiger charge is 2.24. The van der Waals surface area contributed by atoms with Crippen molar-refractivity contribution in [2.75, 3.05) is 13.1 Å². The van der Waals surface area contributed by atoms with Crippen LogP contribution in [-0.4, -0.2) is 50.3 Å². The molecule has 21 heavy (non-hydrogen) atoms. The summed E-state index contributed by atoms with van der Waals surface area (Å²) in [4.78, 5) is 10.8. The van der Waals surface area contributed by atoms with Crippen LogP contribution in [-0.2, 0) is 0 Å². The summed E-state index contributed by atoms with van der Waals surface area (Å²) in [7, 11) is 0. The van der Waals surface area contributed by atoms with Crippen molar-refractivity contribution in [1.82, 2.24) is 25.1 Å². The third-order valence-electron chi connectivity index (χ3n) is 4.03. The number of ether oxygens (including phenoxy) is 1. The van der Waals surface area contributed by atoms with Gasteiger partial charge in [0.15, 0.2) is 5.65 Å². The third kappa shape index (κ3) is 2.96. The average molecular weight is 310 g/mol. The minimum Gasteiger partial charge on any atom is -0.474 e. The Morgan fingerprint density at radius 1 is 1.29 bits per heavy atom. The fourth-order valence-corrected chi connectivity index (χ4v) is 2.93. The monoisotopic (exact) mass is 309 g/mol. The number of halogens is 1. The van der Waals surface area contributed by atoms with Gasteiger partial charge >= 0.3 is 0 Å². The van der Waals surface area contributed by atoms with Crippen molar-refractivity contribution in [3.8, 4) is 5.88 Å². The minimum absolute atomic E-state index is 0.170. The van der Waals surface area contributed by atoms with E-state index in [0.717, 1.165) is 37.0 Å². The molecule has 2 aromatic heterocycles. The summed E-state index contributed by atoms with van der Waals surface area (Å²) in [6.07, 6.45) is 2.17. The fourth-order valence-electron chi connectivity index (χ4n) is 2.77. The number of aryl methyl sites for hydroxylation is 1. The lowest BCUT2D eigenvalue weighted by Crippen LogP contribution is -2.41. The lowest BCUT2D eigenvalue weighted by molar-refractivity contribution is 0.0823. The van der Waals surface area contributed by atoms with Gasteiger partial charge in [0.25, 0.3) is 0 Å². The van der Waals surface area contributed by atoms with Crippen molar-refractivity contribution in [3.63, 3.8) is 0 Å². The standard InChI is InChI=1S/C14H20ClN5O/c1-8(2)20-6-4-10(5-7-20)21-13-11-9(3)18-19-12(11)16-14(15)17-13/h8,10H,4-7H2,1-3H3,(H,16,17,18,19). The van der Waals surface area contributed by atoms with Gasteiger partial charge in [0.05, 0.1) is 5.69 Å². The molecule has 114 valence electrons. The van der Waals surface area contributed by atoms with Gasteiger partial charge in [-0.1, -0.05) is 0 Å². The molecule has 0 amide bonds. The summed E-state index contributed by atoms with van der Waals surface area (Å²) in [5, 5.41) is 8.01. The van der Waals surface area contributed by atoms with Crippen molar-refractivity contribution in [2.24, 2.45) is 0 Å². The van der Waals surface area contributed by atoms with Crippen LogP contribution in [0, 0.1) is 6.92 Å². The largest absolute Gasteiger partial charge is 0.474 e. The highest BCUT2D eigenvalue weighted by molar-refractivity contribution is 6.28. The molecular formula is C14H20ClN5O. The van der Waals surface area contributed by atoms with Gasteiger partial charge in [-0.2, -0.15) is 15.1 Å². The lowest BCUT2D eigenvalue weighted by atomic mass is 10.1. The molecule has 0 bridgehead atoms. The third-order valence-corrected chi connectivity index (χ3v) is 4.19. The molecule has 0 spiro atoms. The van der Waals surface area contributed by atoms with Gasteiger partial charge in [-0.3, -0.25) is 5.10 Å². The first-order chi connectivity index (χ1) is 10.0.